The third kappa shape index (κ3) is 6.24. The molecule has 0 spiro atoms. The average Bonchev–Trinajstić information content (AvgIpc) is 2.68. The van der Waals surface area contributed by atoms with Crippen LogP contribution in [-0.4, -0.2) is 61.3 Å². The predicted molar refractivity (Wildman–Crippen MR) is 130 cm³/mol. The summed E-state index contributed by atoms with van der Waals surface area (Å²) in [5.41, 5.74) is 13.0. The van der Waals surface area contributed by atoms with Crippen molar-refractivity contribution < 1.29 is 22.7 Å². The van der Waals surface area contributed by atoms with E-state index in [4.69, 9.17) is 16.2 Å². The second-order valence-electron chi connectivity index (χ2n) is 10.1. The van der Waals surface area contributed by atoms with Gasteiger partial charge in [-0.15, -0.1) is 0 Å². The lowest BCUT2D eigenvalue weighted by atomic mass is 9.89. The van der Waals surface area contributed by atoms with Crippen molar-refractivity contribution in [2.75, 3.05) is 25.0 Å². The van der Waals surface area contributed by atoms with Crippen LogP contribution >= 0.6 is 0 Å². The Labute approximate surface area is 197 Å². The Kier molecular flexibility index (Phi) is 7.87. The van der Waals surface area contributed by atoms with Crippen molar-refractivity contribution in [3.63, 3.8) is 0 Å². The minimum absolute atomic E-state index is 0.170. The fraction of sp³-hybridized carbons (Fsp3) is 0.652. The average molecular weight is 483 g/mol. The summed E-state index contributed by atoms with van der Waals surface area (Å²) in [7, 11) is -1.94. The van der Waals surface area contributed by atoms with Crippen LogP contribution in [-0.2, 0) is 26.0 Å². The number of benzene rings is 1. The summed E-state index contributed by atoms with van der Waals surface area (Å²) in [6.45, 7) is 11.3. The predicted octanol–water partition coefficient (Wildman–Crippen LogP) is 2.21. The summed E-state index contributed by atoms with van der Waals surface area (Å²) in [6, 6.07) is 3.73. The van der Waals surface area contributed by atoms with Crippen LogP contribution in [0.5, 0.6) is 0 Å². The number of carbonyl (C=O) groups excluding carboxylic acids is 2. The zero-order valence-electron chi connectivity index (χ0n) is 20.8. The van der Waals surface area contributed by atoms with Crippen molar-refractivity contribution in [1.29, 1.82) is 0 Å². The van der Waals surface area contributed by atoms with Crippen LogP contribution in [0.3, 0.4) is 0 Å². The third-order valence-corrected chi connectivity index (χ3v) is 8.47. The minimum atomic E-state index is -3.59. The van der Waals surface area contributed by atoms with E-state index in [1.54, 1.807) is 14.0 Å². The molecule has 0 aromatic heterocycles. The first kappa shape index (κ1) is 27.1. The van der Waals surface area contributed by atoms with E-state index in [2.05, 4.69) is 0 Å². The second-order valence-corrected chi connectivity index (χ2v) is 12.4. The van der Waals surface area contributed by atoms with Crippen LogP contribution in [0.4, 0.5) is 10.5 Å². The monoisotopic (exact) mass is 482 g/mol. The van der Waals surface area contributed by atoms with E-state index in [-0.39, 0.29) is 25.9 Å². The van der Waals surface area contributed by atoms with Crippen LogP contribution in [0.1, 0.15) is 57.2 Å². The molecule has 4 N–H and O–H groups in total. The number of hydrogen-bond acceptors (Lipinski definition) is 6. The van der Waals surface area contributed by atoms with Gasteiger partial charge in [-0.05, 0) is 89.6 Å². The Morgan fingerprint density at radius 1 is 1.18 bits per heavy atom. The molecule has 1 atom stereocenters. The molecule has 0 aliphatic carbocycles. The van der Waals surface area contributed by atoms with E-state index in [9.17, 15) is 18.0 Å². The molecule has 2 rings (SSSR count). The Balaban J connectivity index is 2.17. The first-order valence-corrected chi connectivity index (χ1v) is 12.6. The van der Waals surface area contributed by atoms with Crippen molar-refractivity contribution in [3.05, 3.63) is 28.8 Å². The molecule has 33 heavy (non-hydrogen) atoms. The molecule has 0 bridgehead atoms. The molecule has 9 nitrogen and oxygen atoms in total. The summed E-state index contributed by atoms with van der Waals surface area (Å²) < 4.78 is 33.2. The second kappa shape index (κ2) is 9.60. The number of hydrogen-bond donors (Lipinski definition) is 2. The highest BCUT2D eigenvalue weighted by molar-refractivity contribution is 7.89. The Morgan fingerprint density at radius 3 is 2.09 bits per heavy atom. The smallest absolute Gasteiger partial charge is 0.414 e. The maximum Gasteiger partial charge on any atom is 0.414 e. The quantitative estimate of drug-likeness (QED) is 0.638. The SMILES string of the molecule is Cc1cc(N(C)C(=O)OC(C)(C)C)cc(C)c1CC(C)S(=O)(=O)N1CCC(N)(C(N)=O)CC1. The van der Waals surface area contributed by atoms with Gasteiger partial charge in [0.05, 0.1) is 10.8 Å². The van der Waals surface area contributed by atoms with Gasteiger partial charge in [0.2, 0.25) is 15.9 Å². The van der Waals surface area contributed by atoms with Crippen LogP contribution in [0.2, 0.25) is 0 Å². The standard InChI is InChI=1S/C23H38N4O5S/c1-15-12-18(26(7)21(29)32-22(4,5)6)13-16(2)19(15)14-17(3)33(30,31)27-10-8-23(25,9-11-27)20(24)28/h12-13,17H,8-11,14,25H2,1-7H3,(H2,24,28). The van der Waals surface area contributed by atoms with Gasteiger partial charge in [0, 0.05) is 25.8 Å². The van der Waals surface area contributed by atoms with Crippen LogP contribution in [0.25, 0.3) is 0 Å². The Morgan fingerprint density at radius 2 is 1.67 bits per heavy atom. The van der Waals surface area contributed by atoms with Crippen molar-refractivity contribution in [3.8, 4) is 0 Å². The largest absolute Gasteiger partial charge is 0.443 e. The van der Waals surface area contributed by atoms with Gasteiger partial charge in [0.1, 0.15) is 5.60 Å². The van der Waals surface area contributed by atoms with Gasteiger partial charge >= 0.3 is 6.09 Å². The van der Waals surface area contributed by atoms with E-state index in [0.717, 1.165) is 16.7 Å². The number of carbonyl (C=O) groups is 2. The van der Waals surface area contributed by atoms with Crippen molar-refractivity contribution >= 4 is 27.7 Å². The number of nitrogens with zero attached hydrogens (tertiary/aromatic N) is 2. The van der Waals surface area contributed by atoms with Crippen LogP contribution in [0, 0.1) is 13.8 Å². The molecule has 1 unspecified atom stereocenters. The fourth-order valence-corrected chi connectivity index (χ4v) is 5.53. The first-order chi connectivity index (χ1) is 15.0. The molecule has 0 saturated carbocycles. The molecule has 1 fully saturated rings. The topological polar surface area (TPSA) is 136 Å². The number of piperidine rings is 1. The lowest BCUT2D eigenvalue weighted by Gasteiger charge is -2.37. The molecule has 1 aliphatic rings. The highest BCUT2D eigenvalue weighted by Gasteiger charge is 2.40. The number of anilines is 1. The van der Waals surface area contributed by atoms with Gasteiger partial charge in [-0.1, -0.05) is 0 Å². The molecule has 10 heteroatoms. The van der Waals surface area contributed by atoms with Crippen molar-refractivity contribution in [1.82, 2.24) is 4.31 Å². The Hall–Kier alpha value is -2.17. The van der Waals surface area contributed by atoms with Gasteiger partial charge in [0.25, 0.3) is 0 Å². The maximum absolute atomic E-state index is 13.2. The lowest BCUT2D eigenvalue weighted by Crippen LogP contribution is -2.59. The zero-order chi connectivity index (χ0) is 25.4. The number of nitrogens with two attached hydrogens (primary N) is 2. The Bertz CT molecular complexity index is 985. The number of ether oxygens (including phenoxy) is 1. The van der Waals surface area contributed by atoms with Gasteiger partial charge in [-0.25, -0.2) is 17.5 Å². The molecule has 1 aromatic carbocycles. The fourth-order valence-electron chi connectivity index (χ4n) is 3.96. The van der Waals surface area contributed by atoms with Crippen LogP contribution in [0.15, 0.2) is 12.1 Å². The van der Waals surface area contributed by atoms with Gasteiger partial charge in [-0.2, -0.15) is 0 Å². The van der Waals surface area contributed by atoms with Crippen LogP contribution < -0.4 is 16.4 Å². The summed E-state index contributed by atoms with van der Waals surface area (Å²) >= 11 is 0. The van der Waals surface area contributed by atoms with E-state index in [1.165, 1.54) is 9.21 Å². The summed E-state index contributed by atoms with van der Waals surface area (Å²) in [6.07, 6.45) is 0.286. The van der Waals surface area contributed by atoms with Gasteiger partial charge in [-0.3, -0.25) is 9.69 Å². The molecule has 2 amide bonds. The van der Waals surface area contributed by atoms with E-state index in [0.29, 0.717) is 12.1 Å². The molecule has 1 saturated heterocycles. The third-order valence-electron chi connectivity index (χ3n) is 6.20. The van der Waals surface area contributed by atoms with Crippen molar-refractivity contribution in [2.45, 2.75) is 77.2 Å². The summed E-state index contributed by atoms with van der Waals surface area (Å²) in [4.78, 5) is 25.4. The van der Waals surface area contributed by atoms with E-state index in [1.807, 2.05) is 46.8 Å². The van der Waals surface area contributed by atoms with Gasteiger partial charge in [0.15, 0.2) is 0 Å². The molecule has 0 radical (unpaired) electrons. The first-order valence-electron chi connectivity index (χ1n) is 11.1. The normalized spacial score (nSPS) is 17.9. The molecular weight excluding hydrogens is 444 g/mol. The molecule has 186 valence electrons. The molecule has 1 aliphatic heterocycles. The molecule has 1 aromatic rings. The highest BCUT2D eigenvalue weighted by Crippen LogP contribution is 2.28. The summed E-state index contributed by atoms with van der Waals surface area (Å²) in [5.74, 6) is -0.602. The van der Waals surface area contributed by atoms with Crippen molar-refractivity contribution in [2.24, 2.45) is 11.5 Å². The summed E-state index contributed by atoms with van der Waals surface area (Å²) in [5, 5.41) is -0.664. The minimum Gasteiger partial charge on any atom is -0.443 e. The highest BCUT2D eigenvalue weighted by atomic mass is 32.2. The van der Waals surface area contributed by atoms with E-state index < -0.39 is 38.4 Å². The van der Waals surface area contributed by atoms with E-state index >= 15 is 0 Å². The number of amides is 2. The molecule has 1 heterocycles. The number of aryl methyl sites for hydroxylation is 2. The number of rotatable bonds is 6. The lowest BCUT2D eigenvalue weighted by molar-refractivity contribution is -0.124. The maximum atomic E-state index is 13.2. The van der Waals surface area contributed by atoms with Gasteiger partial charge < -0.3 is 16.2 Å². The number of sulfonamides is 1. The number of primary amides is 1. The zero-order valence-corrected chi connectivity index (χ0v) is 21.6. The molecular formula is C23H38N4O5S.